The van der Waals surface area contributed by atoms with Crippen LogP contribution in [0.25, 0.3) is 0 Å². The van der Waals surface area contributed by atoms with Gasteiger partial charge in [-0.2, -0.15) is 13.2 Å². The Kier molecular flexibility index (Phi) is 3.64. The van der Waals surface area contributed by atoms with Crippen LogP contribution in [0.15, 0.2) is 12.1 Å². The van der Waals surface area contributed by atoms with Crippen molar-refractivity contribution in [1.29, 1.82) is 0 Å². The van der Waals surface area contributed by atoms with E-state index in [0.717, 1.165) is 0 Å². The Morgan fingerprint density at radius 2 is 1.65 bits per heavy atom. The first-order chi connectivity index (χ1) is 7.59. The van der Waals surface area contributed by atoms with E-state index in [0.29, 0.717) is 6.07 Å². The van der Waals surface area contributed by atoms with Crippen molar-refractivity contribution >= 4 is 11.6 Å². The number of aromatic hydroxyl groups is 1. The van der Waals surface area contributed by atoms with Crippen molar-refractivity contribution < 1.29 is 23.4 Å². The van der Waals surface area contributed by atoms with Crippen molar-refractivity contribution in [3.63, 3.8) is 0 Å². The van der Waals surface area contributed by atoms with E-state index < -0.39 is 29.5 Å². The second-order valence-electron chi connectivity index (χ2n) is 4.39. The molecule has 0 aliphatic heterocycles. The highest BCUT2D eigenvalue weighted by molar-refractivity contribution is 6.30. The Labute approximate surface area is 102 Å². The zero-order valence-electron chi connectivity index (χ0n) is 9.27. The van der Waals surface area contributed by atoms with Crippen LogP contribution in [0.4, 0.5) is 13.2 Å². The molecule has 0 spiro atoms. The maximum atomic E-state index is 12.6. The van der Waals surface area contributed by atoms with Gasteiger partial charge in [0, 0.05) is 16.0 Å². The third-order valence-corrected chi connectivity index (χ3v) is 2.72. The number of hydrogen-bond donors (Lipinski definition) is 2. The summed E-state index contributed by atoms with van der Waals surface area (Å²) >= 11 is 5.60. The van der Waals surface area contributed by atoms with E-state index in [9.17, 15) is 18.3 Å². The first kappa shape index (κ1) is 14.1. The van der Waals surface area contributed by atoms with Gasteiger partial charge in [0.2, 0.25) is 0 Å². The van der Waals surface area contributed by atoms with Crippen LogP contribution in [-0.4, -0.2) is 16.8 Å². The minimum atomic E-state index is -4.69. The molecule has 0 atom stereocenters. The molecule has 0 aliphatic rings. The Morgan fingerprint density at radius 1 is 1.18 bits per heavy atom. The summed E-state index contributed by atoms with van der Waals surface area (Å²) in [6.07, 6.45) is -4.69. The molecule has 1 rings (SSSR count). The Balaban J connectivity index is 3.50. The molecular weight excluding hydrogens is 257 g/mol. The number of aliphatic hydroxyl groups is 1. The van der Waals surface area contributed by atoms with Gasteiger partial charge in [0.25, 0.3) is 0 Å². The first-order valence-electron chi connectivity index (χ1n) is 4.80. The average Bonchev–Trinajstić information content (AvgIpc) is 2.19. The van der Waals surface area contributed by atoms with Gasteiger partial charge in [-0.1, -0.05) is 25.4 Å². The fraction of sp³-hybridized carbons (Fsp3) is 0.455. The third-order valence-electron chi connectivity index (χ3n) is 2.50. The van der Waals surface area contributed by atoms with Crippen LogP contribution < -0.4 is 0 Å². The Hall–Kier alpha value is -0.940. The summed E-state index contributed by atoms with van der Waals surface area (Å²) in [4.78, 5) is 0. The molecule has 6 heteroatoms. The fourth-order valence-electron chi connectivity index (χ4n) is 1.42. The van der Waals surface area contributed by atoms with E-state index in [1.54, 1.807) is 0 Å². The van der Waals surface area contributed by atoms with E-state index in [1.807, 2.05) is 0 Å². The third kappa shape index (κ3) is 2.84. The highest BCUT2D eigenvalue weighted by Crippen LogP contribution is 2.43. The number of aliphatic hydroxyl groups excluding tert-OH is 1. The Bertz CT molecular complexity index is 427. The molecule has 0 radical (unpaired) electrons. The van der Waals surface area contributed by atoms with Crippen molar-refractivity contribution in [2.75, 3.05) is 6.61 Å². The van der Waals surface area contributed by atoms with E-state index in [2.05, 4.69) is 0 Å². The quantitative estimate of drug-likeness (QED) is 0.864. The molecule has 2 nitrogen and oxygen atoms in total. The molecule has 0 heterocycles. The lowest BCUT2D eigenvalue weighted by Gasteiger charge is -2.25. The number of phenolic OH excluding ortho intramolecular Hbond substituents is 1. The lowest BCUT2D eigenvalue weighted by molar-refractivity contribution is -0.138. The van der Waals surface area contributed by atoms with Crippen LogP contribution >= 0.6 is 11.6 Å². The standard InChI is InChI=1S/C11H12ClF3O2/c1-10(2,5-16)7-3-6(12)4-8(9(7)17)11(13,14)15/h3-4,16-17H,5H2,1-2H3. The monoisotopic (exact) mass is 268 g/mol. The minimum absolute atomic E-state index is 0.0279. The normalized spacial score (nSPS) is 12.9. The minimum Gasteiger partial charge on any atom is -0.507 e. The largest absolute Gasteiger partial charge is 0.507 e. The lowest BCUT2D eigenvalue weighted by Crippen LogP contribution is -2.23. The molecule has 0 bridgehead atoms. The van der Waals surface area contributed by atoms with Crippen molar-refractivity contribution in [1.82, 2.24) is 0 Å². The zero-order chi connectivity index (χ0) is 13.4. The zero-order valence-corrected chi connectivity index (χ0v) is 10.0. The van der Waals surface area contributed by atoms with E-state index in [4.69, 9.17) is 16.7 Å². The number of phenols is 1. The van der Waals surface area contributed by atoms with Crippen molar-refractivity contribution in [2.45, 2.75) is 25.4 Å². The number of rotatable bonds is 2. The van der Waals surface area contributed by atoms with Gasteiger partial charge < -0.3 is 10.2 Å². The van der Waals surface area contributed by atoms with E-state index in [-0.39, 0.29) is 10.6 Å². The maximum Gasteiger partial charge on any atom is 0.420 e. The predicted octanol–water partition coefficient (Wildman–Crippen LogP) is 3.33. The summed E-state index contributed by atoms with van der Waals surface area (Å²) in [5.41, 5.74) is -2.23. The highest BCUT2D eigenvalue weighted by atomic mass is 35.5. The van der Waals surface area contributed by atoms with Crippen molar-refractivity contribution in [2.24, 2.45) is 0 Å². The predicted molar refractivity (Wildman–Crippen MR) is 58.2 cm³/mol. The molecule has 0 amide bonds. The van der Waals surface area contributed by atoms with Gasteiger partial charge in [-0.15, -0.1) is 0 Å². The van der Waals surface area contributed by atoms with Crippen molar-refractivity contribution in [3.8, 4) is 5.75 Å². The second kappa shape index (κ2) is 4.38. The average molecular weight is 269 g/mol. The van der Waals surface area contributed by atoms with Crippen LogP contribution in [0, 0.1) is 0 Å². The van der Waals surface area contributed by atoms with Gasteiger partial charge in [0.15, 0.2) is 0 Å². The molecule has 0 unspecified atom stereocenters. The summed E-state index contributed by atoms with van der Waals surface area (Å²) < 4.78 is 37.9. The topological polar surface area (TPSA) is 40.5 Å². The van der Waals surface area contributed by atoms with Crippen LogP contribution in [-0.2, 0) is 11.6 Å². The summed E-state index contributed by atoms with van der Waals surface area (Å²) in [6.45, 7) is 2.62. The first-order valence-corrected chi connectivity index (χ1v) is 5.18. The van der Waals surface area contributed by atoms with Crippen LogP contribution in [0.2, 0.25) is 5.02 Å². The molecule has 96 valence electrons. The molecule has 0 saturated heterocycles. The summed E-state index contributed by atoms with van der Waals surface area (Å²) in [5, 5.41) is 18.6. The SMILES string of the molecule is CC(C)(CO)c1cc(Cl)cc(C(F)(F)F)c1O. The molecule has 0 saturated carbocycles. The molecular formula is C11H12ClF3O2. The van der Waals surface area contributed by atoms with Gasteiger partial charge >= 0.3 is 6.18 Å². The smallest absolute Gasteiger partial charge is 0.420 e. The molecule has 0 aromatic heterocycles. The van der Waals surface area contributed by atoms with Gasteiger partial charge in [-0.25, -0.2) is 0 Å². The summed E-state index contributed by atoms with van der Waals surface area (Å²) in [5.74, 6) is -0.888. The van der Waals surface area contributed by atoms with Crippen molar-refractivity contribution in [3.05, 3.63) is 28.3 Å². The maximum absolute atomic E-state index is 12.6. The van der Waals surface area contributed by atoms with E-state index in [1.165, 1.54) is 19.9 Å². The fourth-order valence-corrected chi connectivity index (χ4v) is 1.63. The van der Waals surface area contributed by atoms with Crippen LogP contribution in [0.1, 0.15) is 25.0 Å². The molecule has 0 aliphatic carbocycles. The summed E-state index contributed by atoms with van der Waals surface area (Å²) in [7, 11) is 0. The number of benzene rings is 1. The number of hydrogen-bond acceptors (Lipinski definition) is 2. The van der Waals surface area contributed by atoms with Gasteiger partial charge in [-0.3, -0.25) is 0 Å². The molecule has 0 fully saturated rings. The molecule has 1 aromatic carbocycles. The highest BCUT2D eigenvalue weighted by Gasteiger charge is 2.37. The number of halogens is 4. The molecule has 1 aromatic rings. The molecule has 2 N–H and O–H groups in total. The van der Waals surface area contributed by atoms with E-state index >= 15 is 0 Å². The van der Waals surface area contributed by atoms with Gasteiger partial charge in [-0.05, 0) is 12.1 Å². The van der Waals surface area contributed by atoms with Gasteiger partial charge in [0.1, 0.15) is 5.75 Å². The Morgan fingerprint density at radius 3 is 2.06 bits per heavy atom. The molecule has 17 heavy (non-hydrogen) atoms. The summed E-state index contributed by atoms with van der Waals surface area (Å²) in [6, 6.07) is 1.89. The van der Waals surface area contributed by atoms with Crippen LogP contribution in [0.5, 0.6) is 5.75 Å². The van der Waals surface area contributed by atoms with Crippen LogP contribution in [0.3, 0.4) is 0 Å². The van der Waals surface area contributed by atoms with Gasteiger partial charge in [0.05, 0.1) is 12.2 Å². The second-order valence-corrected chi connectivity index (χ2v) is 4.83. The lowest BCUT2D eigenvalue weighted by atomic mass is 9.84. The number of alkyl halides is 3.